The van der Waals surface area contributed by atoms with E-state index in [1.165, 1.54) is 0 Å². The maximum atomic E-state index is 12.9. The van der Waals surface area contributed by atoms with E-state index in [4.69, 9.17) is 9.47 Å². The first-order valence-corrected chi connectivity index (χ1v) is 11.0. The molecular formula is C24H25N3O5. The summed E-state index contributed by atoms with van der Waals surface area (Å²) < 4.78 is 11.5. The number of anilines is 1. The van der Waals surface area contributed by atoms with Gasteiger partial charge in [0.2, 0.25) is 12.0 Å². The first kappa shape index (κ1) is 20.4. The topological polar surface area (TPSA) is 79.4 Å². The molecule has 166 valence electrons. The van der Waals surface area contributed by atoms with Crippen LogP contribution in [0.5, 0.6) is 11.5 Å². The quantitative estimate of drug-likeness (QED) is 0.736. The summed E-state index contributed by atoms with van der Waals surface area (Å²) in [6.45, 7) is 2.73. The van der Waals surface area contributed by atoms with Gasteiger partial charge >= 0.3 is 0 Å². The van der Waals surface area contributed by atoms with E-state index >= 15 is 0 Å². The Kier molecular flexibility index (Phi) is 5.43. The Balaban J connectivity index is 1.16. The molecule has 0 radical (unpaired) electrons. The van der Waals surface area contributed by atoms with Crippen molar-refractivity contribution in [2.24, 2.45) is 0 Å². The summed E-state index contributed by atoms with van der Waals surface area (Å²) in [6.07, 6.45) is 0.773. The number of amides is 3. The third-order valence-electron chi connectivity index (χ3n) is 6.16. The Labute approximate surface area is 186 Å². The molecule has 2 saturated heterocycles. The maximum Gasteiger partial charge on any atom is 0.267 e. The summed E-state index contributed by atoms with van der Waals surface area (Å²) in [7, 11) is 0. The summed E-state index contributed by atoms with van der Waals surface area (Å²) in [5.41, 5.74) is 1.41. The number of benzene rings is 2. The minimum atomic E-state index is -0.673. The van der Waals surface area contributed by atoms with Crippen molar-refractivity contribution in [1.29, 1.82) is 0 Å². The lowest BCUT2D eigenvalue weighted by atomic mass is 10.1. The van der Waals surface area contributed by atoms with E-state index in [0.29, 0.717) is 49.7 Å². The van der Waals surface area contributed by atoms with Crippen LogP contribution in [0.15, 0.2) is 48.5 Å². The highest BCUT2D eigenvalue weighted by Crippen LogP contribution is 2.31. The molecule has 1 atom stereocenters. The molecule has 32 heavy (non-hydrogen) atoms. The van der Waals surface area contributed by atoms with Crippen LogP contribution >= 0.6 is 0 Å². The fourth-order valence-electron chi connectivity index (χ4n) is 4.36. The molecule has 2 aromatic carbocycles. The van der Waals surface area contributed by atoms with Crippen LogP contribution < -0.4 is 14.4 Å². The number of piperazine rings is 1. The van der Waals surface area contributed by atoms with Crippen molar-refractivity contribution < 1.29 is 23.9 Å². The number of hydrogen-bond donors (Lipinski definition) is 0. The molecule has 0 aliphatic carbocycles. The van der Waals surface area contributed by atoms with Gasteiger partial charge < -0.3 is 24.2 Å². The second-order valence-electron chi connectivity index (χ2n) is 8.18. The van der Waals surface area contributed by atoms with Crippen LogP contribution in [0.3, 0.4) is 0 Å². The third-order valence-corrected chi connectivity index (χ3v) is 6.16. The molecule has 5 rings (SSSR count). The van der Waals surface area contributed by atoms with Gasteiger partial charge in [-0.15, -0.1) is 0 Å². The molecule has 0 saturated carbocycles. The molecule has 0 spiro atoms. The second kappa shape index (κ2) is 8.53. The number of rotatable bonds is 3. The van der Waals surface area contributed by atoms with Gasteiger partial charge in [0.25, 0.3) is 11.8 Å². The van der Waals surface area contributed by atoms with Crippen molar-refractivity contribution in [3.63, 3.8) is 0 Å². The molecule has 0 bridgehead atoms. The van der Waals surface area contributed by atoms with Gasteiger partial charge in [0.15, 0.2) is 11.5 Å². The Morgan fingerprint density at radius 1 is 0.844 bits per heavy atom. The normalized spacial score (nSPS) is 20.4. The molecule has 8 nitrogen and oxygen atoms in total. The monoisotopic (exact) mass is 435 g/mol. The molecular weight excluding hydrogens is 410 g/mol. The van der Waals surface area contributed by atoms with Gasteiger partial charge in [-0.3, -0.25) is 14.4 Å². The number of carbonyl (C=O) groups excluding carboxylic acids is 3. The summed E-state index contributed by atoms with van der Waals surface area (Å²) in [4.78, 5) is 42.9. The molecule has 3 heterocycles. The average molecular weight is 435 g/mol. The SMILES string of the molecule is O=C(c1ccc(N2CCCC2=O)cc1)N1CCN(C(=O)C2COc3ccccc3O2)CC1. The smallest absolute Gasteiger partial charge is 0.267 e. The predicted octanol–water partition coefficient (Wildman–Crippen LogP) is 1.94. The van der Waals surface area contributed by atoms with Gasteiger partial charge in [0, 0.05) is 50.4 Å². The number of nitrogens with zero attached hydrogens (tertiary/aromatic N) is 3. The van der Waals surface area contributed by atoms with Gasteiger partial charge in [0.05, 0.1) is 0 Å². The number of hydrogen-bond acceptors (Lipinski definition) is 5. The summed E-state index contributed by atoms with van der Waals surface area (Å²) >= 11 is 0. The lowest BCUT2D eigenvalue weighted by molar-refractivity contribution is -0.142. The molecule has 2 aromatic rings. The van der Waals surface area contributed by atoms with E-state index in [0.717, 1.165) is 18.7 Å². The van der Waals surface area contributed by atoms with Crippen LogP contribution in [0.1, 0.15) is 23.2 Å². The fourth-order valence-corrected chi connectivity index (χ4v) is 4.36. The minimum absolute atomic E-state index is 0.0671. The van der Waals surface area contributed by atoms with Crippen LogP contribution in [0.25, 0.3) is 0 Å². The van der Waals surface area contributed by atoms with E-state index in [-0.39, 0.29) is 24.3 Å². The molecule has 0 N–H and O–H groups in total. The van der Waals surface area contributed by atoms with Crippen molar-refractivity contribution >= 4 is 23.4 Å². The van der Waals surface area contributed by atoms with Crippen LogP contribution in [0.4, 0.5) is 5.69 Å². The summed E-state index contributed by atoms with van der Waals surface area (Å²) in [5, 5.41) is 0. The van der Waals surface area contributed by atoms with Crippen molar-refractivity contribution in [2.75, 3.05) is 44.2 Å². The Hall–Kier alpha value is -3.55. The van der Waals surface area contributed by atoms with E-state index in [2.05, 4.69) is 0 Å². The van der Waals surface area contributed by atoms with Crippen molar-refractivity contribution in [2.45, 2.75) is 18.9 Å². The zero-order chi connectivity index (χ0) is 22.1. The molecule has 2 fully saturated rings. The Morgan fingerprint density at radius 3 is 2.22 bits per heavy atom. The van der Waals surface area contributed by atoms with Gasteiger partial charge in [0.1, 0.15) is 6.61 Å². The van der Waals surface area contributed by atoms with E-state index in [9.17, 15) is 14.4 Å². The van der Waals surface area contributed by atoms with Gasteiger partial charge in [-0.1, -0.05) is 12.1 Å². The summed E-state index contributed by atoms with van der Waals surface area (Å²) in [5.74, 6) is 1.16. The lowest BCUT2D eigenvalue weighted by Crippen LogP contribution is -2.55. The van der Waals surface area contributed by atoms with Gasteiger partial charge in [-0.2, -0.15) is 0 Å². The number of para-hydroxylation sites is 2. The standard InChI is InChI=1S/C24H25N3O5/c28-22-6-3-11-27(22)18-9-7-17(8-10-18)23(29)25-12-14-26(15-13-25)24(30)21-16-31-19-4-1-2-5-20(19)32-21/h1-2,4-5,7-10,21H,3,6,11-16H2. The highest BCUT2D eigenvalue weighted by molar-refractivity contribution is 5.97. The third kappa shape index (κ3) is 3.88. The average Bonchev–Trinajstić information content (AvgIpc) is 3.29. The highest BCUT2D eigenvalue weighted by Gasteiger charge is 2.33. The first-order valence-electron chi connectivity index (χ1n) is 11.0. The summed E-state index contributed by atoms with van der Waals surface area (Å²) in [6, 6.07) is 14.5. The Morgan fingerprint density at radius 2 is 1.53 bits per heavy atom. The highest BCUT2D eigenvalue weighted by atomic mass is 16.6. The molecule has 1 unspecified atom stereocenters. The maximum absolute atomic E-state index is 12.9. The van der Waals surface area contributed by atoms with Crippen LogP contribution in [-0.2, 0) is 9.59 Å². The van der Waals surface area contributed by atoms with E-state index in [1.807, 2.05) is 30.3 Å². The second-order valence-corrected chi connectivity index (χ2v) is 8.18. The molecule has 0 aromatic heterocycles. The van der Waals surface area contributed by atoms with Gasteiger partial charge in [-0.05, 0) is 42.8 Å². The van der Waals surface area contributed by atoms with Crippen LogP contribution in [0, 0.1) is 0 Å². The lowest BCUT2D eigenvalue weighted by Gasteiger charge is -2.37. The van der Waals surface area contributed by atoms with Crippen molar-refractivity contribution in [3.05, 3.63) is 54.1 Å². The van der Waals surface area contributed by atoms with Crippen LogP contribution in [0.2, 0.25) is 0 Å². The number of ether oxygens (including phenoxy) is 2. The van der Waals surface area contributed by atoms with Crippen molar-refractivity contribution in [3.8, 4) is 11.5 Å². The Bertz CT molecular complexity index is 1030. The van der Waals surface area contributed by atoms with E-state index in [1.54, 1.807) is 32.9 Å². The minimum Gasteiger partial charge on any atom is -0.485 e. The molecule has 3 amide bonds. The first-order chi connectivity index (χ1) is 15.6. The molecule has 8 heteroatoms. The van der Waals surface area contributed by atoms with Gasteiger partial charge in [-0.25, -0.2) is 0 Å². The molecule has 3 aliphatic heterocycles. The zero-order valence-corrected chi connectivity index (χ0v) is 17.7. The number of carbonyl (C=O) groups is 3. The van der Waals surface area contributed by atoms with Crippen molar-refractivity contribution in [1.82, 2.24) is 9.80 Å². The largest absolute Gasteiger partial charge is 0.485 e. The van der Waals surface area contributed by atoms with E-state index < -0.39 is 6.10 Å². The zero-order valence-electron chi connectivity index (χ0n) is 17.7. The predicted molar refractivity (Wildman–Crippen MR) is 117 cm³/mol. The molecule has 3 aliphatic rings. The van der Waals surface area contributed by atoms with Crippen LogP contribution in [-0.4, -0.2) is 73.0 Å². The number of fused-ring (bicyclic) bond motifs is 1. The fraction of sp³-hybridized carbons (Fsp3) is 0.375.